The molecule has 2 aromatic carbocycles. The molecule has 0 saturated heterocycles. The molecule has 0 bridgehead atoms. The molecule has 0 spiro atoms. The number of nitrogens with zero attached hydrogens (tertiary/aromatic N) is 3. The lowest BCUT2D eigenvalue weighted by Gasteiger charge is -2.06. The van der Waals surface area contributed by atoms with Crippen molar-refractivity contribution < 1.29 is 9.90 Å². The van der Waals surface area contributed by atoms with E-state index in [1.54, 1.807) is 0 Å². The van der Waals surface area contributed by atoms with Gasteiger partial charge < -0.3 is 5.11 Å². The Hall–Kier alpha value is -3.34. The van der Waals surface area contributed by atoms with Crippen LogP contribution in [0, 0.1) is 0 Å². The molecule has 5 heteroatoms. The monoisotopic (exact) mass is 305 g/mol. The number of carboxylic acids is 1. The Kier molecular flexibility index (Phi) is 6.16. The molecule has 114 valence electrons. The van der Waals surface area contributed by atoms with Gasteiger partial charge in [-0.15, -0.1) is 0 Å². The first-order valence-corrected chi connectivity index (χ1v) is 6.88. The van der Waals surface area contributed by atoms with Gasteiger partial charge >= 0.3 is 5.97 Å². The molecule has 5 nitrogen and oxygen atoms in total. The van der Waals surface area contributed by atoms with Gasteiger partial charge in [-0.3, -0.25) is 0 Å². The second-order valence-electron chi connectivity index (χ2n) is 4.42. The van der Waals surface area contributed by atoms with Crippen molar-refractivity contribution in [3.05, 3.63) is 96.8 Å². The number of aromatic nitrogens is 3. The molecule has 0 radical (unpaired) electrons. The predicted molar refractivity (Wildman–Crippen MR) is 87.4 cm³/mol. The van der Waals surface area contributed by atoms with E-state index in [2.05, 4.69) is 15.0 Å². The fourth-order valence-electron chi connectivity index (χ4n) is 1.90. The summed E-state index contributed by atoms with van der Waals surface area (Å²) in [6, 6.07) is 19.0. The SMILES string of the molecule is O=C(O)C=C(c1ccccc1)c1ccccc1.c1ncncn1. The van der Waals surface area contributed by atoms with Crippen molar-refractivity contribution in [2.45, 2.75) is 0 Å². The zero-order chi connectivity index (χ0) is 16.3. The van der Waals surface area contributed by atoms with E-state index in [-0.39, 0.29) is 0 Å². The van der Waals surface area contributed by atoms with Crippen LogP contribution >= 0.6 is 0 Å². The van der Waals surface area contributed by atoms with Gasteiger partial charge in [0.1, 0.15) is 19.0 Å². The molecule has 1 heterocycles. The molecule has 0 atom stereocenters. The second-order valence-corrected chi connectivity index (χ2v) is 4.42. The van der Waals surface area contributed by atoms with Gasteiger partial charge in [-0.2, -0.15) is 0 Å². The lowest BCUT2D eigenvalue weighted by Crippen LogP contribution is -1.94. The largest absolute Gasteiger partial charge is 0.478 e. The Morgan fingerprint density at radius 3 is 1.43 bits per heavy atom. The summed E-state index contributed by atoms with van der Waals surface area (Å²) >= 11 is 0. The molecule has 1 aromatic heterocycles. The Morgan fingerprint density at radius 2 is 1.13 bits per heavy atom. The summed E-state index contributed by atoms with van der Waals surface area (Å²) in [5.41, 5.74) is 2.53. The third kappa shape index (κ3) is 5.51. The van der Waals surface area contributed by atoms with Crippen LogP contribution in [0.3, 0.4) is 0 Å². The third-order valence-electron chi connectivity index (χ3n) is 2.84. The number of rotatable bonds is 3. The van der Waals surface area contributed by atoms with E-state index in [1.807, 2.05) is 60.7 Å². The van der Waals surface area contributed by atoms with Crippen molar-refractivity contribution in [1.82, 2.24) is 15.0 Å². The van der Waals surface area contributed by atoms with Gasteiger partial charge in [0.15, 0.2) is 0 Å². The Labute approximate surface area is 134 Å². The first-order chi connectivity index (χ1) is 11.3. The molecule has 0 saturated carbocycles. The van der Waals surface area contributed by atoms with E-state index >= 15 is 0 Å². The normalized spacial score (nSPS) is 9.22. The van der Waals surface area contributed by atoms with Gasteiger partial charge in [0.25, 0.3) is 0 Å². The zero-order valence-electron chi connectivity index (χ0n) is 12.3. The first kappa shape index (κ1) is 16.0. The lowest BCUT2D eigenvalue weighted by molar-refractivity contribution is -0.131. The third-order valence-corrected chi connectivity index (χ3v) is 2.84. The van der Waals surface area contributed by atoms with Crippen LogP contribution in [0.4, 0.5) is 0 Å². The van der Waals surface area contributed by atoms with Crippen LogP contribution in [0.5, 0.6) is 0 Å². The number of hydrogen-bond donors (Lipinski definition) is 1. The molecule has 0 aliphatic carbocycles. The molecule has 0 amide bonds. The van der Waals surface area contributed by atoms with Crippen LogP contribution in [0.25, 0.3) is 5.57 Å². The average molecular weight is 305 g/mol. The maximum Gasteiger partial charge on any atom is 0.328 e. The Balaban J connectivity index is 0.000000268. The molecular formula is C18H15N3O2. The maximum atomic E-state index is 10.9. The van der Waals surface area contributed by atoms with Gasteiger partial charge in [0.05, 0.1) is 0 Å². The average Bonchev–Trinajstić information content (AvgIpc) is 2.63. The fraction of sp³-hybridized carbons (Fsp3) is 0. The molecule has 0 aliphatic heterocycles. The van der Waals surface area contributed by atoms with Crippen LogP contribution < -0.4 is 0 Å². The van der Waals surface area contributed by atoms with E-state index < -0.39 is 5.97 Å². The molecule has 0 aliphatic rings. The first-order valence-electron chi connectivity index (χ1n) is 6.88. The topological polar surface area (TPSA) is 76.0 Å². The summed E-state index contributed by atoms with van der Waals surface area (Å²) in [6.45, 7) is 0. The molecular weight excluding hydrogens is 290 g/mol. The Morgan fingerprint density at radius 1 is 0.739 bits per heavy atom. The summed E-state index contributed by atoms with van der Waals surface area (Å²) in [4.78, 5) is 21.6. The molecule has 0 fully saturated rings. The van der Waals surface area contributed by atoms with Crippen LogP contribution in [-0.2, 0) is 4.79 Å². The minimum absolute atomic E-state index is 0.721. The van der Waals surface area contributed by atoms with Crippen molar-refractivity contribution in [1.29, 1.82) is 0 Å². The van der Waals surface area contributed by atoms with Crippen LogP contribution in [0.15, 0.2) is 85.7 Å². The smallest absolute Gasteiger partial charge is 0.328 e. The number of carbonyl (C=O) groups is 1. The van der Waals surface area contributed by atoms with Crippen LogP contribution in [-0.4, -0.2) is 26.0 Å². The summed E-state index contributed by atoms with van der Waals surface area (Å²) in [6.07, 6.45) is 5.55. The van der Waals surface area contributed by atoms with Crippen molar-refractivity contribution in [3.8, 4) is 0 Å². The summed E-state index contributed by atoms with van der Waals surface area (Å²) < 4.78 is 0. The summed E-state index contributed by atoms with van der Waals surface area (Å²) in [5, 5.41) is 8.93. The summed E-state index contributed by atoms with van der Waals surface area (Å²) in [7, 11) is 0. The standard InChI is InChI=1S/C15H12O2.C3H3N3/c16-15(17)11-14(12-7-3-1-4-8-12)13-9-5-2-6-10-13;1-4-2-6-3-5-1/h1-11H,(H,16,17);1-3H. The highest BCUT2D eigenvalue weighted by molar-refractivity contribution is 5.95. The number of aliphatic carboxylic acids is 1. The number of benzene rings is 2. The van der Waals surface area contributed by atoms with Crippen molar-refractivity contribution in [3.63, 3.8) is 0 Å². The minimum atomic E-state index is -0.937. The van der Waals surface area contributed by atoms with Gasteiger partial charge in [0, 0.05) is 6.08 Å². The highest BCUT2D eigenvalue weighted by atomic mass is 16.4. The van der Waals surface area contributed by atoms with Gasteiger partial charge in [-0.25, -0.2) is 19.7 Å². The van der Waals surface area contributed by atoms with Crippen LogP contribution in [0.2, 0.25) is 0 Å². The maximum absolute atomic E-state index is 10.9. The molecule has 3 aromatic rings. The lowest BCUT2D eigenvalue weighted by atomic mass is 9.98. The van der Waals surface area contributed by atoms with Gasteiger partial charge in [0.2, 0.25) is 0 Å². The van der Waals surface area contributed by atoms with E-state index in [4.69, 9.17) is 5.11 Å². The highest BCUT2D eigenvalue weighted by Gasteiger charge is 2.05. The van der Waals surface area contributed by atoms with Gasteiger partial charge in [-0.1, -0.05) is 60.7 Å². The molecule has 3 rings (SSSR count). The van der Waals surface area contributed by atoms with Crippen molar-refractivity contribution >= 4 is 11.5 Å². The fourth-order valence-corrected chi connectivity index (χ4v) is 1.90. The quantitative estimate of drug-likeness (QED) is 0.753. The van der Waals surface area contributed by atoms with Crippen LogP contribution in [0.1, 0.15) is 11.1 Å². The second kappa shape index (κ2) is 8.84. The Bertz CT molecular complexity index is 677. The number of carboxylic acid groups (broad SMARTS) is 1. The van der Waals surface area contributed by atoms with Crippen molar-refractivity contribution in [2.75, 3.05) is 0 Å². The highest BCUT2D eigenvalue weighted by Crippen LogP contribution is 2.22. The minimum Gasteiger partial charge on any atom is -0.478 e. The zero-order valence-corrected chi connectivity index (χ0v) is 12.3. The summed E-state index contributed by atoms with van der Waals surface area (Å²) in [5.74, 6) is -0.937. The molecule has 1 N–H and O–H groups in total. The number of hydrogen-bond acceptors (Lipinski definition) is 4. The molecule has 23 heavy (non-hydrogen) atoms. The molecule has 0 unspecified atom stereocenters. The predicted octanol–water partition coefficient (Wildman–Crippen LogP) is 3.07. The van der Waals surface area contributed by atoms with E-state index in [1.165, 1.54) is 25.1 Å². The van der Waals surface area contributed by atoms with E-state index in [9.17, 15) is 4.79 Å². The van der Waals surface area contributed by atoms with E-state index in [0.29, 0.717) is 0 Å². The van der Waals surface area contributed by atoms with Crippen molar-refractivity contribution in [2.24, 2.45) is 0 Å². The van der Waals surface area contributed by atoms with E-state index in [0.717, 1.165) is 16.7 Å². The van der Waals surface area contributed by atoms with Gasteiger partial charge in [-0.05, 0) is 16.7 Å².